The van der Waals surface area contributed by atoms with E-state index < -0.39 is 12.0 Å². The first-order valence-electron chi connectivity index (χ1n) is 6.18. The van der Waals surface area contributed by atoms with Crippen LogP contribution in [0.15, 0.2) is 23.2 Å². The fraction of sp³-hybridized carbons (Fsp3) is 0.500. The summed E-state index contributed by atoms with van der Waals surface area (Å²) in [6, 6.07) is 4.61. The Bertz CT molecular complexity index is 504. The van der Waals surface area contributed by atoms with E-state index in [0.717, 1.165) is 12.8 Å². The molecular weight excluding hydrogens is 252 g/mol. The second kappa shape index (κ2) is 5.49. The maximum Gasteiger partial charge on any atom is 0.267 e. The molecule has 1 aromatic rings. The number of benzene rings is 1. The Morgan fingerprint density at radius 2 is 2.05 bits per heavy atom. The van der Waals surface area contributed by atoms with E-state index >= 15 is 0 Å². The molecule has 102 valence electrons. The van der Waals surface area contributed by atoms with Crippen molar-refractivity contribution < 1.29 is 18.3 Å². The van der Waals surface area contributed by atoms with E-state index in [1.165, 1.54) is 19.2 Å². The number of carbonyl (C=O) groups excluding carboxylic acids is 1. The number of nitrogens with zero attached hydrogens (tertiary/aromatic N) is 1. The Hall–Kier alpha value is -1.74. The Morgan fingerprint density at radius 1 is 1.37 bits per heavy atom. The van der Waals surface area contributed by atoms with Gasteiger partial charge in [0, 0.05) is 0 Å². The van der Waals surface area contributed by atoms with E-state index in [1.807, 2.05) is 0 Å². The average molecular weight is 267 g/mol. The highest BCUT2D eigenvalue weighted by Gasteiger charge is 2.36. The smallest absolute Gasteiger partial charge is 0.267 e. The lowest BCUT2D eigenvalue weighted by Crippen LogP contribution is -2.19. The van der Waals surface area contributed by atoms with Crippen molar-refractivity contribution >= 4 is 6.08 Å². The monoisotopic (exact) mass is 267 g/mol. The van der Waals surface area contributed by atoms with Crippen molar-refractivity contribution in [1.29, 1.82) is 0 Å². The van der Waals surface area contributed by atoms with E-state index in [1.54, 1.807) is 12.1 Å². The standard InChI is InChI=1S/C14H15F2NO2/c1-19-12-5-4-10(8-11(12)13(15)16)14(17-9-18)6-2-3-7-14/h4-5,8,13H,2-3,6-7H2,1H3. The molecule has 0 aromatic heterocycles. The summed E-state index contributed by atoms with van der Waals surface area (Å²) in [5.74, 6) is 0.155. The van der Waals surface area contributed by atoms with Gasteiger partial charge in [-0.05, 0) is 30.5 Å². The van der Waals surface area contributed by atoms with Crippen molar-refractivity contribution in [2.75, 3.05) is 7.11 Å². The topological polar surface area (TPSA) is 38.7 Å². The molecule has 1 saturated carbocycles. The number of hydrogen-bond acceptors (Lipinski definition) is 3. The summed E-state index contributed by atoms with van der Waals surface area (Å²) in [5, 5.41) is 0. The quantitative estimate of drug-likeness (QED) is 0.615. The lowest BCUT2D eigenvalue weighted by atomic mass is 9.88. The summed E-state index contributed by atoms with van der Waals surface area (Å²) < 4.78 is 30.9. The summed E-state index contributed by atoms with van der Waals surface area (Å²) in [6.07, 6.45) is 2.21. The molecule has 1 aromatic carbocycles. The number of hydrogen-bond donors (Lipinski definition) is 0. The molecule has 3 nitrogen and oxygen atoms in total. The van der Waals surface area contributed by atoms with Gasteiger partial charge in [-0.1, -0.05) is 18.9 Å². The lowest BCUT2D eigenvalue weighted by Gasteiger charge is -2.24. The Kier molecular flexibility index (Phi) is 3.96. The molecule has 0 amide bonds. The van der Waals surface area contributed by atoms with Crippen molar-refractivity contribution in [2.45, 2.75) is 37.6 Å². The largest absolute Gasteiger partial charge is 0.496 e. The minimum atomic E-state index is -2.62. The van der Waals surface area contributed by atoms with Gasteiger partial charge < -0.3 is 4.74 Å². The zero-order valence-electron chi connectivity index (χ0n) is 10.7. The molecule has 5 heteroatoms. The van der Waals surface area contributed by atoms with Crippen LogP contribution in [0.5, 0.6) is 5.75 Å². The molecule has 1 aliphatic carbocycles. The Labute approximate surface area is 110 Å². The van der Waals surface area contributed by atoms with Gasteiger partial charge in [0.15, 0.2) is 0 Å². The van der Waals surface area contributed by atoms with Crippen molar-refractivity contribution in [3.8, 4) is 5.75 Å². The van der Waals surface area contributed by atoms with Crippen LogP contribution in [-0.4, -0.2) is 13.2 Å². The van der Waals surface area contributed by atoms with E-state index in [-0.39, 0.29) is 11.3 Å². The summed E-state index contributed by atoms with van der Waals surface area (Å²) >= 11 is 0. The molecular formula is C14H15F2NO2. The maximum atomic E-state index is 13.0. The predicted octanol–water partition coefficient (Wildman–Crippen LogP) is 3.74. The maximum absolute atomic E-state index is 13.0. The van der Waals surface area contributed by atoms with Gasteiger partial charge in [-0.25, -0.2) is 13.6 Å². The minimum absolute atomic E-state index is 0.155. The van der Waals surface area contributed by atoms with Crippen molar-refractivity contribution in [3.05, 3.63) is 29.3 Å². The van der Waals surface area contributed by atoms with Gasteiger partial charge >= 0.3 is 0 Å². The van der Waals surface area contributed by atoms with Gasteiger partial charge in [-0.3, -0.25) is 0 Å². The number of ether oxygens (including phenoxy) is 1. The normalized spacial score (nSPS) is 17.3. The molecule has 0 spiro atoms. The van der Waals surface area contributed by atoms with Gasteiger partial charge in [0.2, 0.25) is 6.08 Å². The highest BCUT2D eigenvalue weighted by molar-refractivity contribution is 5.44. The number of halogens is 2. The summed E-state index contributed by atoms with van der Waals surface area (Å²) in [6.45, 7) is 0. The van der Waals surface area contributed by atoms with Crippen LogP contribution in [0.25, 0.3) is 0 Å². The van der Waals surface area contributed by atoms with E-state index in [2.05, 4.69) is 4.99 Å². The highest BCUT2D eigenvalue weighted by Crippen LogP contribution is 2.44. The number of alkyl halides is 2. The summed E-state index contributed by atoms with van der Waals surface area (Å²) in [5.41, 5.74) is -0.200. The second-order valence-electron chi connectivity index (χ2n) is 4.70. The van der Waals surface area contributed by atoms with Gasteiger partial charge in [0.25, 0.3) is 6.43 Å². The van der Waals surface area contributed by atoms with Crippen LogP contribution in [0.4, 0.5) is 8.78 Å². The first-order chi connectivity index (χ1) is 9.13. The fourth-order valence-electron chi connectivity index (χ4n) is 2.71. The van der Waals surface area contributed by atoms with Crippen LogP contribution in [0.1, 0.15) is 43.2 Å². The molecule has 0 aliphatic heterocycles. The molecule has 0 heterocycles. The highest BCUT2D eigenvalue weighted by atomic mass is 19.3. The third-order valence-electron chi connectivity index (χ3n) is 3.69. The SMILES string of the molecule is COc1ccc(C2(N=C=O)CCCC2)cc1C(F)F. The first kappa shape index (κ1) is 13.7. The Balaban J connectivity index is 2.50. The van der Waals surface area contributed by atoms with Crippen molar-refractivity contribution in [1.82, 2.24) is 0 Å². The van der Waals surface area contributed by atoms with Crippen molar-refractivity contribution in [2.24, 2.45) is 4.99 Å². The minimum Gasteiger partial charge on any atom is -0.496 e. The molecule has 1 aliphatic rings. The molecule has 0 saturated heterocycles. The number of aliphatic imine (C=N–C) groups is 1. The lowest BCUT2D eigenvalue weighted by molar-refractivity contribution is 0.147. The van der Waals surface area contributed by atoms with Gasteiger partial charge in [0.1, 0.15) is 5.75 Å². The Morgan fingerprint density at radius 3 is 2.58 bits per heavy atom. The molecule has 0 unspecified atom stereocenters. The molecule has 0 radical (unpaired) electrons. The predicted molar refractivity (Wildman–Crippen MR) is 66.2 cm³/mol. The molecule has 19 heavy (non-hydrogen) atoms. The molecule has 0 atom stereocenters. The zero-order chi connectivity index (χ0) is 13.9. The summed E-state index contributed by atoms with van der Waals surface area (Å²) in [4.78, 5) is 14.5. The first-order valence-corrected chi connectivity index (χ1v) is 6.18. The number of rotatable bonds is 4. The molecule has 0 bridgehead atoms. The fourth-order valence-corrected chi connectivity index (χ4v) is 2.71. The average Bonchev–Trinajstić information content (AvgIpc) is 2.88. The van der Waals surface area contributed by atoms with Crippen LogP contribution in [0, 0.1) is 0 Å². The van der Waals surface area contributed by atoms with Crippen LogP contribution in [0.2, 0.25) is 0 Å². The third kappa shape index (κ3) is 2.51. The zero-order valence-corrected chi connectivity index (χ0v) is 10.7. The van der Waals surface area contributed by atoms with Crippen LogP contribution < -0.4 is 4.74 Å². The summed E-state index contributed by atoms with van der Waals surface area (Å²) in [7, 11) is 1.36. The van der Waals surface area contributed by atoms with Gasteiger partial charge in [-0.15, -0.1) is 0 Å². The van der Waals surface area contributed by atoms with Gasteiger partial charge in [-0.2, -0.15) is 4.99 Å². The number of isocyanates is 1. The third-order valence-corrected chi connectivity index (χ3v) is 3.69. The molecule has 1 fully saturated rings. The van der Waals surface area contributed by atoms with E-state index in [4.69, 9.17) is 4.74 Å². The van der Waals surface area contributed by atoms with Crippen molar-refractivity contribution in [3.63, 3.8) is 0 Å². The van der Waals surface area contributed by atoms with E-state index in [9.17, 15) is 13.6 Å². The van der Waals surface area contributed by atoms with Crippen LogP contribution in [-0.2, 0) is 10.3 Å². The number of methoxy groups -OCH3 is 1. The molecule has 2 rings (SSSR count). The van der Waals surface area contributed by atoms with Gasteiger partial charge in [0.05, 0.1) is 18.2 Å². The van der Waals surface area contributed by atoms with Crippen LogP contribution in [0.3, 0.4) is 0 Å². The van der Waals surface area contributed by atoms with Crippen LogP contribution >= 0.6 is 0 Å². The van der Waals surface area contributed by atoms with E-state index in [0.29, 0.717) is 18.4 Å². The second-order valence-corrected chi connectivity index (χ2v) is 4.70. The molecule has 0 N–H and O–H groups in total.